The summed E-state index contributed by atoms with van der Waals surface area (Å²) in [6.07, 6.45) is 6.87. The number of amides is 2. The van der Waals surface area contributed by atoms with Crippen LogP contribution in [0.3, 0.4) is 0 Å². The molecule has 0 N–H and O–H groups in total. The largest absolute Gasteiger partial charge is 0.497 e. The van der Waals surface area contributed by atoms with E-state index in [4.69, 9.17) is 4.74 Å². The Labute approximate surface area is 178 Å². The Hall–Kier alpha value is -2.82. The van der Waals surface area contributed by atoms with Crippen LogP contribution in [-0.2, 0) is 4.79 Å². The second kappa shape index (κ2) is 9.33. The van der Waals surface area contributed by atoms with E-state index in [0.717, 1.165) is 68.6 Å². The number of anilines is 1. The summed E-state index contributed by atoms with van der Waals surface area (Å²) in [5.74, 6) is 1.06. The van der Waals surface area contributed by atoms with Crippen molar-refractivity contribution in [1.29, 1.82) is 0 Å². The van der Waals surface area contributed by atoms with Gasteiger partial charge in [0.15, 0.2) is 0 Å². The lowest BCUT2D eigenvalue weighted by Crippen LogP contribution is -2.36. The number of hydrogen-bond donors (Lipinski definition) is 0. The van der Waals surface area contributed by atoms with Crippen LogP contribution < -0.4 is 9.64 Å². The fraction of sp³-hybridized carbons (Fsp3) is 0.440. The SMILES string of the molecule is COc1ccc(C2CCCCCN2C(=O)c2ccc(N3CCCCC3=O)cc2)cc1. The van der Waals surface area contributed by atoms with Crippen LogP contribution in [0.25, 0.3) is 0 Å². The minimum Gasteiger partial charge on any atom is -0.497 e. The lowest BCUT2D eigenvalue weighted by molar-refractivity contribution is -0.119. The van der Waals surface area contributed by atoms with Crippen LogP contribution in [0.15, 0.2) is 48.5 Å². The van der Waals surface area contributed by atoms with Gasteiger partial charge in [-0.2, -0.15) is 0 Å². The van der Waals surface area contributed by atoms with Gasteiger partial charge in [0, 0.05) is 30.8 Å². The summed E-state index contributed by atoms with van der Waals surface area (Å²) in [7, 11) is 1.66. The van der Waals surface area contributed by atoms with Crippen molar-refractivity contribution in [3.63, 3.8) is 0 Å². The molecule has 2 heterocycles. The molecule has 5 heteroatoms. The van der Waals surface area contributed by atoms with Gasteiger partial charge in [-0.3, -0.25) is 9.59 Å². The number of ether oxygens (including phenoxy) is 1. The molecule has 0 aliphatic carbocycles. The highest BCUT2D eigenvalue weighted by atomic mass is 16.5. The molecule has 4 rings (SSSR count). The van der Waals surface area contributed by atoms with E-state index in [1.807, 2.05) is 46.2 Å². The molecule has 2 saturated heterocycles. The molecule has 0 bridgehead atoms. The van der Waals surface area contributed by atoms with Gasteiger partial charge in [-0.05, 0) is 67.6 Å². The standard InChI is InChI=1S/C25H30N2O3/c1-30-22-15-11-19(12-16-22)23-7-3-2-5-18-27(23)25(29)20-9-13-21(14-10-20)26-17-6-4-8-24(26)28/h9-16,23H,2-8,17-18H2,1H3. The van der Waals surface area contributed by atoms with Crippen LogP contribution in [0.2, 0.25) is 0 Å². The Kier molecular flexibility index (Phi) is 6.36. The summed E-state index contributed by atoms with van der Waals surface area (Å²) in [5.41, 5.74) is 2.73. The maximum atomic E-state index is 13.4. The van der Waals surface area contributed by atoms with Crippen molar-refractivity contribution in [2.45, 2.75) is 51.0 Å². The molecule has 30 heavy (non-hydrogen) atoms. The van der Waals surface area contributed by atoms with Crippen molar-refractivity contribution >= 4 is 17.5 Å². The smallest absolute Gasteiger partial charge is 0.254 e. The lowest BCUT2D eigenvalue weighted by atomic mass is 9.99. The van der Waals surface area contributed by atoms with Crippen LogP contribution in [-0.4, -0.2) is 36.9 Å². The highest BCUT2D eigenvalue weighted by Crippen LogP contribution is 2.32. The highest BCUT2D eigenvalue weighted by Gasteiger charge is 2.28. The van der Waals surface area contributed by atoms with Crippen LogP contribution in [0.1, 0.15) is 66.9 Å². The quantitative estimate of drug-likeness (QED) is 0.720. The summed E-state index contributed by atoms with van der Waals surface area (Å²) in [4.78, 5) is 29.5. The zero-order valence-corrected chi connectivity index (χ0v) is 17.7. The third-order valence-electron chi connectivity index (χ3n) is 6.26. The lowest BCUT2D eigenvalue weighted by Gasteiger charge is -2.31. The van der Waals surface area contributed by atoms with Crippen molar-refractivity contribution in [3.8, 4) is 5.75 Å². The van der Waals surface area contributed by atoms with Gasteiger partial charge in [-0.1, -0.05) is 25.0 Å². The first-order valence-electron chi connectivity index (χ1n) is 11.0. The molecule has 2 aliphatic heterocycles. The van der Waals surface area contributed by atoms with Crippen molar-refractivity contribution in [2.24, 2.45) is 0 Å². The van der Waals surface area contributed by atoms with E-state index < -0.39 is 0 Å². The third kappa shape index (κ3) is 4.35. The van der Waals surface area contributed by atoms with Crippen LogP contribution in [0, 0.1) is 0 Å². The third-order valence-corrected chi connectivity index (χ3v) is 6.26. The number of benzene rings is 2. The van der Waals surface area contributed by atoms with E-state index in [-0.39, 0.29) is 17.9 Å². The summed E-state index contributed by atoms with van der Waals surface area (Å²) in [6, 6.07) is 15.7. The van der Waals surface area contributed by atoms with Gasteiger partial charge < -0.3 is 14.5 Å². The second-order valence-electron chi connectivity index (χ2n) is 8.19. The maximum absolute atomic E-state index is 13.4. The van der Waals surface area contributed by atoms with Crippen LogP contribution in [0.5, 0.6) is 5.75 Å². The van der Waals surface area contributed by atoms with Crippen molar-refractivity contribution < 1.29 is 14.3 Å². The summed E-state index contributed by atoms with van der Waals surface area (Å²) in [6.45, 7) is 1.53. The van der Waals surface area contributed by atoms with E-state index in [1.165, 1.54) is 0 Å². The molecule has 0 spiro atoms. The molecule has 0 radical (unpaired) electrons. The number of carbonyl (C=O) groups is 2. The Morgan fingerprint density at radius 2 is 1.63 bits per heavy atom. The van der Waals surface area contributed by atoms with Gasteiger partial charge in [0.2, 0.25) is 5.91 Å². The van der Waals surface area contributed by atoms with E-state index in [0.29, 0.717) is 12.0 Å². The second-order valence-corrected chi connectivity index (χ2v) is 8.19. The zero-order valence-electron chi connectivity index (χ0n) is 17.7. The Morgan fingerprint density at radius 1 is 0.900 bits per heavy atom. The number of nitrogens with zero attached hydrogens (tertiary/aromatic N) is 2. The van der Waals surface area contributed by atoms with Gasteiger partial charge in [-0.15, -0.1) is 0 Å². The van der Waals surface area contributed by atoms with Crippen molar-refractivity contribution in [2.75, 3.05) is 25.1 Å². The predicted molar refractivity (Wildman–Crippen MR) is 118 cm³/mol. The van der Waals surface area contributed by atoms with E-state index in [2.05, 4.69) is 12.1 Å². The van der Waals surface area contributed by atoms with Gasteiger partial charge in [0.05, 0.1) is 13.2 Å². The van der Waals surface area contributed by atoms with Crippen LogP contribution in [0.4, 0.5) is 5.69 Å². The highest BCUT2D eigenvalue weighted by molar-refractivity contribution is 5.97. The fourth-order valence-corrected chi connectivity index (χ4v) is 4.55. The molecule has 0 aromatic heterocycles. The predicted octanol–water partition coefficient (Wildman–Crippen LogP) is 4.97. The van der Waals surface area contributed by atoms with E-state index in [9.17, 15) is 9.59 Å². The zero-order chi connectivity index (χ0) is 20.9. The molecular formula is C25H30N2O3. The van der Waals surface area contributed by atoms with Gasteiger partial charge in [0.1, 0.15) is 5.75 Å². The molecule has 1 unspecified atom stereocenters. The average molecular weight is 407 g/mol. The Bertz CT molecular complexity index is 876. The summed E-state index contributed by atoms with van der Waals surface area (Å²) < 4.78 is 5.29. The van der Waals surface area contributed by atoms with Crippen molar-refractivity contribution in [3.05, 3.63) is 59.7 Å². The number of rotatable bonds is 4. The van der Waals surface area contributed by atoms with Crippen LogP contribution >= 0.6 is 0 Å². The summed E-state index contributed by atoms with van der Waals surface area (Å²) >= 11 is 0. The normalized spacial score (nSPS) is 20.0. The monoisotopic (exact) mass is 406 g/mol. The number of piperidine rings is 1. The minimum atomic E-state index is 0.0641. The average Bonchev–Trinajstić information content (AvgIpc) is 3.05. The first-order chi connectivity index (χ1) is 14.7. The molecule has 2 aromatic carbocycles. The van der Waals surface area contributed by atoms with Gasteiger partial charge in [0.25, 0.3) is 5.91 Å². The molecule has 2 fully saturated rings. The Balaban J connectivity index is 1.55. The van der Waals surface area contributed by atoms with Gasteiger partial charge >= 0.3 is 0 Å². The first kappa shape index (κ1) is 20.5. The molecule has 158 valence electrons. The first-order valence-corrected chi connectivity index (χ1v) is 11.0. The molecule has 0 saturated carbocycles. The molecule has 1 atom stereocenters. The van der Waals surface area contributed by atoms with E-state index in [1.54, 1.807) is 7.11 Å². The van der Waals surface area contributed by atoms with E-state index >= 15 is 0 Å². The Morgan fingerprint density at radius 3 is 2.33 bits per heavy atom. The molecule has 5 nitrogen and oxygen atoms in total. The number of likely N-dealkylation sites (tertiary alicyclic amines) is 1. The molecular weight excluding hydrogens is 376 g/mol. The minimum absolute atomic E-state index is 0.0641. The molecule has 2 aromatic rings. The molecule has 2 aliphatic rings. The maximum Gasteiger partial charge on any atom is 0.254 e. The number of carbonyl (C=O) groups excluding carboxylic acids is 2. The fourth-order valence-electron chi connectivity index (χ4n) is 4.55. The topological polar surface area (TPSA) is 49.9 Å². The van der Waals surface area contributed by atoms with Crippen molar-refractivity contribution in [1.82, 2.24) is 4.90 Å². The number of hydrogen-bond acceptors (Lipinski definition) is 3. The van der Waals surface area contributed by atoms with Gasteiger partial charge in [-0.25, -0.2) is 0 Å². The molecule has 2 amide bonds. The number of methoxy groups -OCH3 is 1. The summed E-state index contributed by atoms with van der Waals surface area (Å²) in [5, 5.41) is 0.